The first-order valence-corrected chi connectivity index (χ1v) is 16.6. The van der Waals surface area contributed by atoms with Crippen LogP contribution in [0.2, 0.25) is 10.0 Å². The van der Waals surface area contributed by atoms with Crippen LogP contribution in [0.4, 0.5) is 16.0 Å². The number of nitrogens with zero attached hydrogens (tertiary/aromatic N) is 3. The SMILES string of the molecule is CCOc1cc(C2C(C(=O)Nc3ccccc3)=C(C)Nc3nc(SCc4ccccc4Cl)nn32)ccc1OCc1c(F)cccc1Cl. The molecule has 240 valence electrons. The number of anilines is 2. The van der Waals surface area contributed by atoms with Crippen molar-refractivity contribution in [3.05, 3.63) is 135 Å². The Kier molecular flexibility index (Phi) is 10.0. The van der Waals surface area contributed by atoms with Crippen LogP contribution in [-0.4, -0.2) is 27.3 Å². The molecular formula is C35H30Cl2FN5O3S. The number of halogens is 3. The minimum absolute atomic E-state index is 0.0960. The van der Waals surface area contributed by atoms with E-state index in [1.807, 2.05) is 80.6 Å². The number of para-hydroxylation sites is 1. The summed E-state index contributed by atoms with van der Waals surface area (Å²) in [6.45, 7) is 3.94. The molecule has 6 rings (SSSR count). The summed E-state index contributed by atoms with van der Waals surface area (Å²) >= 11 is 14.1. The molecule has 2 heterocycles. The number of carbonyl (C=O) groups excluding carboxylic acids is 1. The van der Waals surface area contributed by atoms with Gasteiger partial charge in [0, 0.05) is 27.7 Å². The number of thioether (sulfide) groups is 1. The summed E-state index contributed by atoms with van der Waals surface area (Å²) in [5.41, 5.74) is 3.63. The number of allylic oxidation sites excluding steroid dienone is 1. The van der Waals surface area contributed by atoms with Crippen molar-refractivity contribution in [2.75, 3.05) is 17.2 Å². The molecule has 4 aromatic carbocycles. The van der Waals surface area contributed by atoms with Gasteiger partial charge in [0.05, 0.1) is 17.2 Å². The average Bonchev–Trinajstić information content (AvgIpc) is 3.47. The summed E-state index contributed by atoms with van der Waals surface area (Å²) in [5.74, 6) is 1.11. The van der Waals surface area contributed by atoms with Gasteiger partial charge in [-0.25, -0.2) is 9.07 Å². The molecule has 8 nitrogen and oxygen atoms in total. The Bertz CT molecular complexity index is 1930. The van der Waals surface area contributed by atoms with Crippen molar-refractivity contribution >= 4 is 52.5 Å². The normalized spacial score (nSPS) is 13.9. The summed E-state index contributed by atoms with van der Waals surface area (Å²) < 4.78 is 28.2. The Balaban J connectivity index is 1.36. The van der Waals surface area contributed by atoms with Crippen molar-refractivity contribution in [1.82, 2.24) is 14.8 Å². The van der Waals surface area contributed by atoms with Crippen LogP contribution in [-0.2, 0) is 17.2 Å². The summed E-state index contributed by atoms with van der Waals surface area (Å²) in [7, 11) is 0. The molecule has 1 aliphatic heterocycles. The second-order valence-electron chi connectivity index (χ2n) is 10.6. The van der Waals surface area contributed by atoms with Gasteiger partial charge in [0.15, 0.2) is 11.5 Å². The highest BCUT2D eigenvalue weighted by atomic mass is 35.5. The van der Waals surface area contributed by atoms with Gasteiger partial charge in [-0.1, -0.05) is 83.5 Å². The van der Waals surface area contributed by atoms with E-state index in [1.165, 1.54) is 17.8 Å². The number of nitrogens with one attached hydrogen (secondary N) is 2. The fourth-order valence-corrected chi connectivity index (χ4v) is 6.51. The Morgan fingerprint density at radius 1 is 0.979 bits per heavy atom. The van der Waals surface area contributed by atoms with E-state index in [9.17, 15) is 9.18 Å². The number of amides is 1. The maximum atomic E-state index is 14.5. The summed E-state index contributed by atoms with van der Waals surface area (Å²) in [6.07, 6.45) is 0. The van der Waals surface area contributed by atoms with E-state index >= 15 is 0 Å². The highest BCUT2D eigenvalue weighted by Crippen LogP contribution is 2.40. The lowest BCUT2D eigenvalue weighted by molar-refractivity contribution is -0.113. The van der Waals surface area contributed by atoms with Crippen LogP contribution >= 0.6 is 35.0 Å². The number of hydrogen-bond donors (Lipinski definition) is 2. The fraction of sp³-hybridized carbons (Fsp3) is 0.171. The van der Waals surface area contributed by atoms with E-state index in [-0.39, 0.29) is 23.1 Å². The lowest BCUT2D eigenvalue weighted by atomic mass is 9.94. The first kappa shape index (κ1) is 32.4. The molecule has 1 aliphatic rings. The van der Waals surface area contributed by atoms with E-state index in [1.54, 1.807) is 22.9 Å². The molecule has 5 aromatic rings. The average molecular weight is 691 g/mol. The second kappa shape index (κ2) is 14.5. The molecule has 1 atom stereocenters. The van der Waals surface area contributed by atoms with Crippen molar-refractivity contribution in [3.63, 3.8) is 0 Å². The molecule has 12 heteroatoms. The van der Waals surface area contributed by atoms with E-state index in [0.29, 0.717) is 62.5 Å². The summed E-state index contributed by atoms with van der Waals surface area (Å²) in [5, 5.41) is 12.6. The first-order valence-electron chi connectivity index (χ1n) is 14.8. The number of hydrogen-bond acceptors (Lipinski definition) is 7. The molecule has 0 bridgehead atoms. The van der Waals surface area contributed by atoms with Crippen LogP contribution in [0, 0.1) is 5.82 Å². The smallest absolute Gasteiger partial charge is 0.255 e. The van der Waals surface area contributed by atoms with Gasteiger partial charge in [0.1, 0.15) is 18.5 Å². The molecule has 0 fully saturated rings. The predicted molar refractivity (Wildman–Crippen MR) is 184 cm³/mol. The zero-order valence-electron chi connectivity index (χ0n) is 25.5. The van der Waals surface area contributed by atoms with Crippen LogP contribution in [0.15, 0.2) is 107 Å². The third-order valence-corrected chi connectivity index (χ3v) is 9.05. The molecule has 0 saturated carbocycles. The van der Waals surface area contributed by atoms with E-state index in [4.69, 9.17) is 42.8 Å². The van der Waals surface area contributed by atoms with Gasteiger partial charge in [-0.15, -0.1) is 5.10 Å². The highest BCUT2D eigenvalue weighted by Gasteiger charge is 2.35. The number of carbonyl (C=O) groups is 1. The minimum Gasteiger partial charge on any atom is -0.490 e. The Labute approximate surface area is 285 Å². The molecule has 2 N–H and O–H groups in total. The summed E-state index contributed by atoms with van der Waals surface area (Å²) in [4.78, 5) is 18.7. The van der Waals surface area contributed by atoms with E-state index in [0.717, 1.165) is 5.56 Å². The van der Waals surface area contributed by atoms with Crippen molar-refractivity contribution in [2.45, 2.75) is 37.4 Å². The highest BCUT2D eigenvalue weighted by molar-refractivity contribution is 7.98. The van der Waals surface area contributed by atoms with Crippen LogP contribution in [0.3, 0.4) is 0 Å². The van der Waals surface area contributed by atoms with Gasteiger partial charge in [-0.05, 0) is 67.4 Å². The number of ether oxygens (including phenoxy) is 2. The molecule has 0 saturated heterocycles. The lowest BCUT2D eigenvalue weighted by Gasteiger charge is -2.29. The third kappa shape index (κ3) is 7.25. The third-order valence-electron chi connectivity index (χ3n) is 7.44. The van der Waals surface area contributed by atoms with Gasteiger partial charge in [0.2, 0.25) is 11.1 Å². The van der Waals surface area contributed by atoms with Crippen molar-refractivity contribution < 1.29 is 18.7 Å². The van der Waals surface area contributed by atoms with E-state index < -0.39 is 11.9 Å². The zero-order valence-corrected chi connectivity index (χ0v) is 27.8. The molecule has 1 unspecified atom stereocenters. The van der Waals surface area contributed by atoms with Crippen LogP contribution < -0.4 is 20.1 Å². The van der Waals surface area contributed by atoms with Crippen LogP contribution in [0.5, 0.6) is 11.5 Å². The molecular weight excluding hydrogens is 660 g/mol. The van der Waals surface area contributed by atoms with Gasteiger partial charge < -0.3 is 20.1 Å². The molecule has 1 amide bonds. The van der Waals surface area contributed by atoms with Gasteiger partial charge in [-0.3, -0.25) is 4.79 Å². The van der Waals surface area contributed by atoms with Gasteiger partial charge in [-0.2, -0.15) is 4.98 Å². The lowest BCUT2D eigenvalue weighted by Crippen LogP contribution is -2.31. The maximum absolute atomic E-state index is 14.5. The van der Waals surface area contributed by atoms with Gasteiger partial charge in [0.25, 0.3) is 5.91 Å². The maximum Gasteiger partial charge on any atom is 0.255 e. The number of rotatable bonds is 11. The number of fused-ring (bicyclic) bond motifs is 1. The molecule has 47 heavy (non-hydrogen) atoms. The van der Waals surface area contributed by atoms with Crippen molar-refractivity contribution in [2.24, 2.45) is 0 Å². The Hall–Kier alpha value is -4.51. The molecule has 0 radical (unpaired) electrons. The fourth-order valence-electron chi connectivity index (χ4n) is 5.17. The Morgan fingerprint density at radius 3 is 2.51 bits per heavy atom. The zero-order chi connectivity index (χ0) is 32.9. The van der Waals surface area contributed by atoms with Crippen molar-refractivity contribution in [3.8, 4) is 11.5 Å². The van der Waals surface area contributed by atoms with E-state index in [2.05, 4.69) is 10.6 Å². The molecule has 0 aliphatic carbocycles. The van der Waals surface area contributed by atoms with Crippen molar-refractivity contribution in [1.29, 1.82) is 0 Å². The monoisotopic (exact) mass is 689 g/mol. The number of benzene rings is 4. The topological polar surface area (TPSA) is 90.3 Å². The standard InChI is InChI=1S/C35H30Cl2FN5O3S/c1-3-45-30-18-22(16-17-29(30)46-19-25-27(37)14-9-15-28(25)38)32-31(33(44)40-24-11-5-4-6-12-24)21(2)39-34-41-35(42-43(32)34)47-20-23-10-7-8-13-26(23)36/h4-18,32H,3,19-20H2,1-2H3,(H,40,44)(H,39,41,42). The van der Waals surface area contributed by atoms with Crippen LogP contribution in [0.25, 0.3) is 0 Å². The minimum atomic E-state index is -0.675. The molecule has 0 spiro atoms. The molecule has 1 aromatic heterocycles. The first-order chi connectivity index (χ1) is 22.8. The van der Waals surface area contributed by atoms with Crippen LogP contribution in [0.1, 0.15) is 36.6 Å². The largest absolute Gasteiger partial charge is 0.490 e. The van der Waals surface area contributed by atoms with Gasteiger partial charge >= 0.3 is 0 Å². The summed E-state index contributed by atoms with van der Waals surface area (Å²) in [6, 6.07) is 26.1. The number of aromatic nitrogens is 3. The second-order valence-corrected chi connectivity index (χ2v) is 12.3. The quantitative estimate of drug-likeness (QED) is 0.134. The predicted octanol–water partition coefficient (Wildman–Crippen LogP) is 8.92. The Morgan fingerprint density at radius 2 is 1.74 bits per heavy atom.